The lowest BCUT2D eigenvalue weighted by atomic mass is 10.1. The molecule has 178 valence electrons. The lowest BCUT2D eigenvalue weighted by Gasteiger charge is -2.17. The molecule has 34 heavy (non-hydrogen) atoms. The third-order valence-electron chi connectivity index (χ3n) is 5.09. The van der Waals surface area contributed by atoms with Gasteiger partial charge in [-0.15, -0.1) is 0 Å². The molecule has 3 amide bonds. The molecular formula is C24H26N4O5S. The SMILES string of the molecule is Cc1ccc(S(=O)(=O)N(C)CC(=O)NNC(=O)CCNC(=O)c2ccc3ccccc3c2)cc1. The third-order valence-corrected chi connectivity index (χ3v) is 6.90. The Labute approximate surface area is 198 Å². The zero-order valence-electron chi connectivity index (χ0n) is 18.9. The minimum absolute atomic E-state index is 0.0646. The van der Waals surface area contributed by atoms with E-state index >= 15 is 0 Å². The van der Waals surface area contributed by atoms with Gasteiger partial charge in [-0.25, -0.2) is 8.42 Å². The fraction of sp³-hybridized carbons (Fsp3) is 0.208. The molecule has 3 rings (SSSR count). The molecule has 3 aromatic rings. The number of amides is 3. The molecule has 0 aliphatic rings. The Morgan fingerprint density at radius 3 is 2.21 bits per heavy atom. The predicted molar refractivity (Wildman–Crippen MR) is 128 cm³/mol. The molecule has 0 saturated heterocycles. The van der Waals surface area contributed by atoms with Crippen LogP contribution < -0.4 is 16.2 Å². The van der Waals surface area contributed by atoms with Crippen molar-refractivity contribution in [3.63, 3.8) is 0 Å². The van der Waals surface area contributed by atoms with Gasteiger partial charge in [-0.05, 0) is 42.0 Å². The zero-order valence-corrected chi connectivity index (χ0v) is 19.7. The molecule has 0 heterocycles. The van der Waals surface area contributed by atoms with E-state index in [-0.39, 0.29) is 23.8 Å². The van der Waals surface area contributed by atoms with Gasteiger partial charge in [0.1, 0.15) is 0 Å². The van der Waals surface area contributed by atoms with Crippen molar-refractivity contribution in [3.8, 4) is 0 Å². The maximum Gasteiger partial charge on any atom is 0.253 e. The van der Waals surface area contributed by atoms with E-state index in [4.69, 9.17) is 0 Å². The van der Waals surface area contributed by atoms with E-state index in [1.807, 2.05) is 37.3 Å². The second-order valence-corrected chi connectivity index (χ2v) is 9.78. The van der Waals surface area contributed by atoms with E-state index in [0.717, 1.165) is 20.6 Å². The average Bonchev–Trinajstić information content (AvgIpc) is 2.82. The van der Waals surface area contributed by atoms with Gasteiger partial charge < -0.3 is 5.32 Å². The van der Waals surface area contributed by atoms with Gasteiger partial charge in [0.25, 0.3) is 11.8 Å². The Balaban J connectivity index is 1.41. The molecule has 0 radical (unpaired) electrons. The maximum atomic E-state index is 12.5. The maximum absolute atomic E-state index is 12.5. The van der Waals surface area contributed by atoms with Crippen molar-refractivity contribution in [2.45, 2.75) is 18.2 Å². The molecule has 0 spiro atoms. The number of likely N-dealkylation sites (N-methyl/N-ethyl adjacent to an activating group) is 1. The van der Waals surface area contributed by atoms with Gasteiger partial charge in [-0.3, -0.25) is 25.2 Å². The lowest BCUT2D eigenvalue weighted by Crippen LogP contribution is -2.47. The van der Waals surface area contributed by atoms with Crippen molar-refractivity contribution in [3.05, 3.63) is 77.9 Å². The van der Waals surface area contributed by atoms with Crippen LogP contribution in [0.4, 0.5) is 0 Å². The molecule has 0 aliphatic heterocycles. The normalized spacial score (nSPS) is 11.3. The predicted octanol–water partition coefficient (Wildman–Crippen LogP) is 1.74. The van der Waals surface area contributed by atoms with Crippen LogP contribution in [-0.4, -0.2) is 50.6 Å². The molecule has 0 saturated carbocycles. The third kappa shape index (κ3) is 6.40. The largest absolute Gasteiger partial charge is 0.352 e. The standard InChI is InChI=1S/C24H26N4O5S/c1-17-7-11-21(12-8-17)34(32,33)28(2)16-23(30)27-26-22(29)13-14-25-24(31)20-10-9-18-5-3-4-6-19(18)15-20/h3-12,15H,13-14,16H2,1-2H3,(H,25,31)(H,26,29)(H,27,30). The summed E-state index contributed by atoms with van der Waals surface area (Å²) in [5.74, 6) is -1.55. The average molecular weight is 483 g/mol. The summed E-state index contributed by atoms with van der Waals surface area (Å²) in [6.07, 6.45) is -0.0723. The number of sulfonamides is 1. The molecule has 9 nitrogen and oxygen atoms in total. The molecule has 3 N–H and O–H groups in total. The molecule has 3 aromatic carbocycles. The first-order valence-corrected chi connectivity index (χ1v) is 12.0. The number of nitrogens with zero attached hydrogens (tertiary/aromatic N) is 1. The van der Waals surface area contributed by atoms with Gasteiger partial charge in [0.15, 0.2) is 0 Å². The van der Waals surface area contributed by atoms with Crippen LogP contribution in [0.25, 0.3) is 10.8 Å². The van der Waals surface area contributed by atoms with E-state index in [1.165, 1.54) is 19.2 Å². The second kappa shape index (κ2) is 10.9. The zero-order chi connectivity index (χ0) is 24.7. The number of benzene rings is 3. The highest BCUT2D eigenvalue weighted by atomic mass is 32.2. The first kappa shape index (κ1) is 24.9. The van der Waals surface area contributed by atoms with Crippen molar-refractivity contribution >= 4 is 38.5 Å². The van der Waals surface area contributed by atoms with Gasteiger partial charge in [-0.1, -0.05) is 48.0 Å². The van der Waals surface area contributed by atoms with Crippen molar-refractivity contribution in [1.29, 1.82) is 0 Å². The minimum atomic E-state index is -3.84. The van der Waals surface area contributed by atoms with Gasteiger partial charge in [0.2, 0.25) is 15.9 Å². The monoisotopic (exact) mass is 482 g/mol. The number of fused-ring (bicyclic) bond motifs is 1. The number of nitrogens with one attached hydrogen (secondary N) is 3. The van der Waals surface area contributed by atoms with Crippen molar-refractivity contribution in [1.82, 2.24) is 20.5 Å². The molecule has 0 aromatic heterocycles. The van der Waals surface area contributed by atoms with Crippen LogP contribution in [0.15, 0.2) is 71.6 Å². The number of carbonyl (C=O) groups excluding carboxylic acids is 3. The number of hydrazine groups is 1. The quantitative estimate of drug-likeness (QED) is 0.422. The highest BCUT2D eigenvalue weighted by Crippen LogP contribution is 2.16. The van der Waals surface area contributed by atoms with Gasteiger partial charge in [-0.2, -0.15) is 4.31 Å². The van der Waals surface area contributed by atoms with Crippen molar-refractivity contribution in [2.24, 2.45) is 0 Å². The Hall–Kier alpha value is -3.76. The molecule has 10 heteroatoms. The van der Waals surface area contributed by atoms with Crippen molar-refractivity contribution < 1.29 is 22.8 Å². The number of carbonyl (C=O) groups is 3. The van der Waals surface area contributed by atoms with E-state index < -0.39 is 28.4 Å². The number of aryl methyl sites for hydroxylation is 1. The van der Waals surface area contributed by atoms with Crippen LogP contribution >= 0.6 is 0 Å². The lowest BCUT2D eigenvalue weighted by molar-refractivity contribution is -0.128. The minimum Gasteiger partial charge on any atom is -0.352 e. The van der Waals surface area contributed by atoms with Crippen LogP contribution in [0.5, 0.6) is 0 Å². The van der Waals surface area contributed by atoms with E-state index in [1.54, 1.807) is 24.3 Å². The second-order valence-electron chi connectivity index (χ2n) is 7.74. The molecule has 0 bridgehead atoms. The Morgan fingerprint density at radius 2 is 1.50 bits per heavy atom. The number of hydrogen-bond acceptors (Lipinski definition) is 5. The molecule has 0 atom stereocenters. The first-order valence-electron chi connectivity index (χ1n) is 10.5. The highest BCUT2D eigenvalue weighted by Gasteiger charge is 2.23. The fourth-order valence-corrected chi connectivity index (χ4v) is 4.27. The van der Waals surface area contributed by atoms with E-state index in [9.17, 15) is 22.8 Å². The van der Waals surface area contributed by atoms with Crippen LogP contribution in [0.1, 0.15) is 22.3 Å². The number of rotatable bonds is 8. The summed E-state index contributed by atoms with van der Waals surface area (Å²) in [7, 11) is -2.56. The summed E-state index contributed by atoms with van der Waals surface area (Å²) in [6.45, 7) is 1.43. The van der Waals surface area contributed by atoms with E-state index in [0.29, 0.717) is 5.56 Å². The van der Waals surface area contributed by atoms with Crippen LogP contribution in [-0.2, 0) is 19.6 Å². The van der Waals surface area contributed by atoms with Crippen LogP contribution in [0.3, 0.4) is 0 Å². The summed E-state index contributed by atoms with van der Waals surface area (Å²) >= 11 is 0. The molecule has 0 fully saturated rings. The summed E-state index contributed by atoms with van der Waals surface area (Å²) < 4.78 is 26.0. The summed E-state index contributed by atoms with van der Waals surface area (Å²) in [4.78, 5) is 36.4. The topological polar surface area (TPSA) is 125 Å². The van der Waals surface area contributed by atoms with Crippen LogP contribution in [0.2, 0.25) is 0 Å². The highest BCUT2D eigenvalue weighted by molar-refractivity contribution is 7.89. The Bertz CT molecular complexity index is 1310. The molecule has 0 unspecified atom stereocenters. The summed E-state index contributed by atoms with van der Waals surface area (Å²) in [5.41, 5.74) is 5.78. The van der Waals surface area contributed by atoms with Gasteiger partial charge >= 0.3 is 0 Å². The Morgan fingerprint density at radius 1 is 0.853 bits per heavy atom. The van der Waals surface area contributed by atoms with Gasteiger partial charge in [0, 0.05) is 25.6 Å². The van der Waals surface area contributed by atoms with E-state index in [2.05, 4.69) is 16.2 Å². The summed E-state index contributed by atoms with van der Waals surface area (Å²) in [5, 5.41) is 4.61. The summed E-state index contributed by atoms with van der Waals surface area (Å²) in [6, 6.07) is 19.3. The van der Waals surface area contributed by atoms with Crippen LogP contribution in [0, 0.1) is 6.92 Å². The molecular weight excluding hydrogens is 456 g/mol. The molecule has 0 aliphatic carbocycles. The Kier molecular flexibility index (Phi) is 7.98. The number of hydrogen-bond donors (Lipinski definition) is 3. The van der Waals surface area contributed by atoms with Crippen molar-refractivity contribution in [2.75, 3.05) is 20.1 Å². The first-order chi connectivity index (χ1) is 16.2. The smallest absolute Gasteiger partial charge is 0.253 e. The fourth-order valence-electron chi connectivity index (χ4n) is 3.14. The van der Waals surface area contributed by atoms with Gasteiger partial charge in [0.05, 0.1) is 11.4 Å².